The molecule has 166 valence electrons. The van der Waals surface area contributed by atoms with Crippen LogP contribution in [0.3, 0.4) is 0 Å². The number of hydrogen-bond acceptors (Lipinski definition) is 1. The zero-order chi connectivity index (χ0) is 22.2. The quantitative estimate of drug-likeness (QED) is 0.504. The van der Waals surface area contributed by atoms with Crippen molar-refractivity contribution in [3.8, 4) is 0 Å². The van der Waals surface area contributed by atoms with Gasteiger partial charge in [0.25, 0.3) is 5.91 Å². The van der Waals surface area contributed by atoms with Gasteiger partial charge in [0.2, 0.25) is 0 Å². The van der Waals surface area contributed by atoms with Gasteiger partial charge in [0, 0.05) is 35.6 Å². The van der Waals surface area contributed by atoms with Crippen molar-refractivity contribution in [2.45, 2.75) is 38.4 Å². The largest absolute Gasteiger partial charge is 0.348 e. The van der Waals surface area contributed by atoms with Crippen molar-refractivity contribution in [1.29, 1.82) is 0 Å². The Hall–Kier alpha value is -2.95. The summed E-state index contributed by atoms with van der Waals surface area (Å²) in [6.45, 7) is 5.83. The van der Waals surface area contributed by atoms with Crippen molar-refractivity contribution >= 4 is 5.91 Å². The van der Waals surface area contributed by atoms with Crippen LogP contribution in [-0.4, -0.2) is 31.6 Å². The second-order valence-corrected chi connectivity index (χ2v) is 8.99. The molecule has 4 rings (SSSR count). The number of nitrogens with two attached hydrogens (primary N) is 1. The summed E-state index contributed by atoms with van der Waals surface area (Å²) in [5, 5.41) is 5.45. The van der Waals surface area contributed by atoms with Crippen LogP contribution >= 0.6 is 0 Å². The van der Waals surface area contributed by atoms with Gasteiger partial charge in [-0.3, -0.25) is 4.79 Å². The van der Waals surface area contributed by atoms with Gasteiger partial charge in [-0.15, -0.1) is 0 Å². The SMILES string of the molecule is Cc1ccc([C@@H]([NH2+]CC(=O)NC2CC[NH+](Cc3ccccc3)CC2)c2ccccc2)cc1. The highest BCUT2D eigenvalue weighted by Gasteiger charge is 2.25. The number of carbonyl (C=O) groups is 1. The van der Waals surface area contributed by atoms with E-state index >= 15 is 0 Å². The Labute approximate surface area is 191 Å². The van der Waals surface area contributed by atoms with E-state index < -0.39 is 0 Å². The minimum absolute atomic E-state index is 0.125. The van der Waals surface area contributed by atoms with Crippen molar-refractivity contribution in [1.82, 2.24) is 5.32 Å². The van der Waals surface area contributed by atoms with E-state index in [1.807, 2.05) is 6.07 Å². The molecule has 0 unspecified atom stereocenters. The number of nitrogens with one attached hydrogen (secondary N) is 2. The van der Waals surface area contributed by atoms with Crippen molar-refractivity contribution in [3.05, 3.63) is 107 Å². The van der Waals surface area contributed by atoms with Crippen LogP contribution in [-0.2, 0) is 11.3 Å². The summed E-state index contributed by atoms with van der Waals surface area (Å²) in [6, 6.07) is 30.2. The number of carbonyl (C=O) groups excluding carboxylic acids is 1. The third kappa shape index (κ3) is 6.28. The molecule has 3 aromatic carbocycles. The fourth-order valence-corrected chi connectivity index (χ4v) is 4.64. The standard InChI is InChI=1S/C28H33N3O/c1-22-12-14-25(15-13-22)28(24-10-6-3-7-11-24)29-20-27(32)30-26-16-18-31(19-17-26)21-23-8-4-2-5-9-23/h2-15,26,28-29H,16-21H2,1H3,(H,30,32)/p+2/t28-/m0/s1. The van der Waals surface area contributed by atoms with E-state index in [0.29, 0.717) is 12.6 Å². The van der Waals surface area contributed by atoms with Crippen LogP contribution in [0, 0.1) is 6.92 Å². The third-order valence-corrected chi connectivity index (χ3v) is 6.49. The first kappa shape index (κ1) is 22.3. The van der Waals surface area contributed by atoms with Gasteiger partial charge in [0.15, 0.2) is 6.54 Å². The molecule has 0 bridgehead atoms. The van der Waals surface area contributed by atoms with Crippen LogP contribution < -0.4 is 15.5 Å². The van der Waals surface area contributed by atoms with Crippen molar-refractivity contribution < 1.29 is 15.0 Å². The van der Waals surface area contributed by atoms with E-state index in [1.165, 1.54) is 22.3 Å². The summed E-state index contributed by atoms with van der Waals surface area (Å²) in [4.78, 5) is 14.4. The van der Waals surface area contributed by atoms with Gasteiger partial charge in [0.1, 0.15) is 12.6 Å². The maximum absolute atomic E-state index is 12.8. The molecule has 1 fully saturated rings. The topological polar surface area (TPSA) is 50.1 Å². The number of piperidine rings is 1. The molecule has 1 aliphatic rings. The zero-order valence-corrected chi connectivity index (χ0v) is 19.0. The van der Waals surface area contributed by atoms with Crippen molar-refractivity contribution in [2.75, 3.05) is 19.6 Å². The van der Waals surface area contributed by atoms with Gasteiger partial charge in [-0.05, 0) is 6.92 Å². The highest BCUT2D eigenvalue weighted by molar-refractivity contribution is 5.77. The molecule has 32 heavy (non-hydrogen) atoms. The molecule has 1 amide bonds. The fraction of sp³-hybridized carbons (Fsp3) is 0.321. The van der Waals surface area contributed by atoms with E-state index in [9.17, 15) is 4.79 Å². The van der Waals surface area contributed by atoms with Crippen LogP contribution in [0.5, 0.6) is 0 Å². The lowest BCUT2D eigenvalue weighted by Gasteiger charge is -2.29. The maximum atomic E-state index is 12.8. The molecule has 3 aromatic rings. The normalized spacial score (nSPS) is 19.3. The second kappa shape index (κ2) is 11.1. The van der Waals surface area contributed by atoms with Crippen LogP contribution in [0.15, 0.2) is 84.9 Å². The summed E-state index contributed by atoms with van der Waals surface area (Å²) in [7, 11) is 0. The first-order valence-electron chi connectivity index (χ1n) is 11.8. The van der Waals surface area contributed by atoms with Crippen molar-refractivity contribution in [2.24, 2.45) is 0 Å². The Bertz CT molecular complexity index is 965. The molecule has 1 heterocycles. The Morgan fingerprint density at radius 3 is 2.16 bits per heavy atom. The molecule has 0 saturated carbocycles. The smallest absolute Gasteiger partial charge is 0.275 e. The molecule has 0 aromatic heterocycles. The second-order valence-electron chi connectivity index (χ2n) is 8.99. The minimum atomic E-state index is 0.125. The Balaban J connectivity index is 1.28. The molecular formula is C28H35N3O+2. The van der Waals surface area contributed by atoms with E-state index in [2.05, 4.69) is 96.4 Å². The number of quaternary nitrogens is 2. The summed E-state index contributed by atoms with van der Waals surface area (Å²) >= 11 is 0. The Morgan fingerprint density at radius 2 is 1.50 bits per heavy atom. The molecular weight excluding hydrogens is 394 g/mol. The predicted molar refractivity (Wildman–Crippen MR) is 128 cm³/mol. The zero-order valence-electron chi connectivity index (χ0n) is 19.0. The molecule has 4 heteroatoms. The number of amides is 1. The van der Waals surface area contributed by atoms with Gasteiger partial charge in [0.05, 0.1) is 13.1 Å². The molecule has 4 N–H and O–H groups in total. The maximum Gasteiger partial charge on any atom is 0.275 e. The highest BCUT2D eigenvalue weighted by Crippen LogP contribution is 2.18. The number of likely N-dealkylation sites (tertiary alicyclic amines) is 1. The molecule has 4 nitrogen and oxygen atoms in total. The lowest BCUT2D eigenvalue weighted by molar-refractivity contribution is -0.918. The summed E-state index contributed by atoms with van der Waals surface area (Å²) in [6.07, 6.45) is 2.10. The Kier molecular flexibility index (Phi) is 7.70. The highest BCUT2D eigenvalue weighted by atomic mass is 16.2. The van der Waals surface area contributed by atoms with Crippen LogP contribution in [0.2, 0.25) is 0 Å². The van der Waals surface area contributed by atoms with Crippen LogP contribution in [0.4, 0.5) is 0 Å². The molecule has 1 saturated heterocycles. The fourth-order valence-electron chi connectivity index (χ4n) is 4.64. The van der Waals surface area contributed by atoms with E-state index in [-0.39, 0.29) is 11.9 Å². The first-order chi connectivity index (χ1) is 15.7. The van der Waals surface area contributed by atoms with Gasteiger partial charge < -0.3 is 15.5 Å². The molecule has 0 radical (unpaired) electrons. The molecule has 1 atom stereocenters. The van der Waals surface area contributed by atoms with E-state index in [4.69, 9.17) is 0 Å². The van der Waals surface area contributed by atoms with Crippen LogP contribution in [0.25, 0.3) is 0 Å². The average Bonchev–Trinajstić information content (AvgIpc) is 2.83. The number of aryl methyl sites for hydroxylation is 1. The van der Waals surface area contributed by atoms with E-state index in [1.54, 1.807) is 4.90 Å². The average molecular weight is 430 g/mol. The van der Waals surface area contributed by atoms with Gasteiger partial charge in [-0.25, -0.2) is 0 Å². The van der Waals surface area contributed by atoms with Crippen LogP contribution in [0.1, 0.15) is 41.1 Å². The minimum Gasteiger partial charge on any atom is -0.348 e. The molecule has 0 spiro atoms. The lowest BCUT2D eigenvalue weighted by Crippen LogP contribution is -3.12. The predicted octanol–water partition coefficient (Wildman–Crippen LogP) is 2.01. The molecule has 1 aliphatic heterocycles. The van der Waals surface area contributed by atoms with Gasteiger partial charge >= 0.3 is 0 Å². The number of benzene rings is 3. The first-order valence-corrected chi connectivity index (χ1v) is 11.8. The summed E-state index contributed by atoms with van der Waals surface area (Å²) in [5.74, 6) is 0.134. The van der Waals surface area contributed by atoms with Crippen molar-refractivity contribution in [3.63, 3.8) is 0 Å². The van der Waals surface area contributed by atoms with Gasteiger partial charge in [-0.1, -0.05) is 90.5 Å². The van der Waals surface area contributed by atoms with E-state index in [0.717, 1.165) is 32.5 Å². The lowest BCUT2D eigenvalue weighted by atomic mass is 9.98. The Morgan fingerprint density at radius 1 is 0.906 bits per heavy atom. The number of hydrogen-bond donors (Lipinski definition) is 3. The summed E-state index contributed by atoms with van der Waals surface area (Å²) in [5.41, 5.74) is 5.09. The summed E-state index contributed by atoms with van der Waals surface area (Å²) < 4.78 is 0. The van der Waals surface area contributed by atoms with Gasteiger partial charge in [-0.2, -0.15) is 0 Å². The monoisotopic (exact) mass is 429 g/mol. The third-order valence-electron chi connectivity index (χ3n) is 6.49. The molecule has 0 aliphatic carbocycles. The number of rotatable bonds is 8.